The minimum atomic E-state index is -0.577. The van der Waals surface area contributed by atoms with Gasteiger partial charge in [-0.2, -0.15) is 5.10 Å². The highest BCUT2D eigenvalue weighted by Gasteiger charge is 2.18. The lowest BCUT2D eigenvalue weighted by Gasteiger charge is -2.11. The smallest absolute Gasteiger partial charge is 0.275 e. The van der Waals surface area contributed by atoms with Gasteiger partial charge in [-0.3, -0.25) is 14.9 Å². The molecule has 1 N–H and O–H groups in total. The number of nitrogens with one attached hydrogen (secondary N) is 1. The van der Waals surface area contributed by atoms with E-state index in [0.29, 0.717) is 10.7 Å². The number of carbonyl (C=O) groups is 1. The van der Waals surface area contributed by atoms with Crippen LogP contribution in [0.2, 0.25) is 10.0 Å². The molecule has 0 aliphatic carbocycles. The first-order valence-corrected chi connectivity index (χ1v) is 12.5. The molecule has 3 aromatic heterocycles. The number of halogens is 2. The van der Waals surface area contributed by atoms with Gasteiger partial charge in [-0.05, 0) is 42.6 Å². The van der Waals surface area contributed by atoms with Gasteiger partial charge in [0.1, 0.15) is 18.0 Å². The number of anilines is 1. The predicted octanol–water partition coefficient (Wildman–Crippen LogP) is 7.11. The van der Waals surface area contributed by atoms with Gasteiger partial charge in [0.2, 0.25) is 5.91 Å². The summed E-state index contributed by atoms with van der Waals surface area (Å²) in [6, 6.07) is 14.5. The summed E-state index contributed by atoms with van der Waals surface area (Å²) >= 11 is 13.7. The summed E-state index contributed by atoms with van der Waals surface area (Å²) in [5, 5.41) is 22.2. The lowest BCUT2D eigenvalue weighted by Crippen LogP contribution is -2.20. The summed E-state index contributed by atoms with van der Waals surface area (Å²) in [6.45, 7) is 1.72. The van der Waals surface area contributed by atoms with Crippen LogP contribution in [0.1, 0.15) is 5.69 Å². The van der Waals surface area contributed by atoms with E-state index in [1.54, 1.807) is 29.7 Å². The lowest BCUT2D eigenvalue weighted by atomic mass is 10.1. The Morgan fingerprint density at radius 2 is 2.03 bits per heavy atom. The second-order valence-electron chi connectivity index (χ2n) is 7.98. The molecule has 0 saturated carbocycles. The van der Waals surface area contributed by atoms with Crippen LogP contribution in [-0.2, 0) is 11.3 Å². The third kappa shape index (κ3) is 5.26. The summed E-state index contributed by atoms with van der Waals surface area (Å²) < 4.78 is 7.25. The van der Waals surface area contributed by atoms with E-state index in [-0.39, 0.29) is 34.4 Å². The normalized spacial score (nSPS) is 11.0. The Labute approximate surface area is 224 Å². The molecule has 9 nitrogen and oxygen atoms in total. The second-order valence-corrected chi connectivity index (χ2v) is 9.77. The zero-order valence-electron chi connectivity index (χ0n) is 19.1. The number of pyridine rings is 1. The van der Waals surface area contributed by atoms with Crippen LogP contribution in [0.4, 0.5) is 11.4 Å². The fourth-order valence-corrected chi connectivity index (χ4v) is 5.08. The molecule has 5 aromatic rings. The van der Waals surface area contributed by atoms with Gasteiger partial charge in [-0.25, -0.2) is 9.67 Å². The molecule has 37 heavy (non-hydrogen) atoms. The van der Waals surface area contributed by atoms with Crippen LogP contribution in [0, 0.1) is 17.0 Å². The molecule has 5 rings (SSSR count). The summed E-state index contributed by atoms with van der Waals surface area (Å²) in [4.78, 5) is 29.4. The first kappa shape index (κ1) is 24.7. The van der Waals surface area contributed by atoms with E-state index >= 15 is 0 Å². The number of nitrogens with zero attached hydrogens (tertiary/aromatic N) is 4. The van der Waals surface area contributed by atoms with E-state index in [0.717, 1.165) is 21.5 Å². The number of rotatable bonds is 7. The number of hydrogen-bond donors (Lipinski definition) is 1. The van der Waals surface area contributed by atoms with E-state index in [2.05, 4.69) is 15.4 Å². The molecule has 0 atom stereocenters. The Morgan fingerprint density at radius 1 is 1.19 bits per heavy atom. The number of carbonyl (C=O) groups excluding carboxylic acids is 1. The largest absolute Gasteiger partial charge is 0.455 e. The van der Waals surface area contributed by atoms with Gasteiger partial charge in [0.05, 0.1) is 32.8 Å². The van der Waals surface area contributed by atoms with Gasteiger partial charge in [0, 0.05) is 33.8 Å². The second kappa shape index (κ2) is 10.2. The van der Waals surface area contributed by atoms with Crippen LogP contribution in [0.3, 0.4) is 0 Å². The topological polar surface area (TPSA) is 112 Å². The molecule has 0 bridgehead atoms. The third-order valence-corrected chi connectivity index (χ3v) is 6.83. The molecular weight excluding hydrogens is 537 g/mol. The predicted molar refractivity (Wildman–Crippen MR) is 144 cm³/mol. The molecule has 0 saturated heterocycles. The van der Waals surface area contributed by atoms with Crippen LogP contribution in [0.5, 0.6) is 11.5 Å². The summed E-state index contributed by atoms with van der Waals surface area (Å²) in [5.74, 6) is -0.0602. The van der Waals surface area contributed by atoms with Crippen LogP contribution in [0.25, 0.3) is 21.5 Å². The monoisotopic (exact) mass is 553 g/mol. The molecule has 2 aromatic carbocycles. The fourth-order valence-electron chi connectivity index (χ4n) is 3.87. The number of nitro groups is 1. The van der Waals surface area contributed by atoms with Gasteiger partial charge in [-0.15, -0.1) is 11.3 Å². The third-order valence-electron chi connectivity index (χ3n) is 5.40. The van der Waals surface area contributed by atoms with Crippen LogP contribution >= 0.6 is 34.5 Å². The van der Waals surface area contributed by atoms with Crippen molar-refractivity contribution in [2.45, 2.75) is 13.5 Å². The minimum Gasteiger partial charge on any atom is -0.455 e. The van der Waals surface area contributed by atoms with E-state index < -0.39 is 10.8 Å². The molecule has 0 fully saturated rings. The van der Waals surface area contributed by atoms with Crippen LogP contribution < -0.4 is 10.1 Å². The molecule has 0 radical (unpaired) electrons. The summed E-state index contributed by atoms with van der Waals surface area (Å²) in [6.07, 6.45) is 1.68. The number of ether oxygens (including phenoxy) is 1. The van der Waals surface area contributed by atoms with Crippen molar-refractivity contribution in [2.75, 3.05) is 5.32 Å². The molecule has 0 spiro atoms. The number of amides is 1. The zero-order valence-corrected chi connectivity index (χ0v) is 21.5. The van der Waals surface area contributed by atoms with Gasteiger partial charge in [0.15, 0.2) is 5.65 Å². The van der Waals surface area contributed by atoms with Crippen molar-refractivity contribution in [3.63, 3.8) is 0 Å². The van der Waals surface area contributed by atoms with Crippen molar-refractivity contribution < 1.29 is 14.5 Å². The number of fused-ring (bicyclic) bond motifs is 1. The Balaban J connectivity index is 1.41. The molecule has 0 unspecified atom stereocenters. The molecule has 186 valence electrons. The highest BCUT2D eigenvalue weighted by atomic mass is 35.5. The van der Waals surface area contributed by atoms with E-state index in [1.165, 1.54) is 28.9 Å². The maximum absolute atomic E-state index is 12.9. The number of thiophene rings is 1. The SMILES string of the molecule is Cc1nn(CC(=O)Nc2cc(Oc3ccc(Cl)cc3Cl)cc([N+](=O)[O-])c2)c2nccc(-c3cccs3)c12. The van der Waals surface area contributed by atoms with Gasteiger partial charge < -0.3 is 10.1 Å². The molecule has 3 heterocycles. The number of aromatic nitrogens is 3. The van der Waals surface area contributed by atoms with Crippen LogP contribution in [-0.4, -0.2) is 25.6 Å². The van der Waals surface area contributed by atoms with Crippen LogP contribution in [0.15, 0.2) is 66.2 Å². The number of benzene rings is 2. The Morgan fingerprint density at radius 3 is 2.76 bits per heavy atom. The van der Waals surface area contributed by atoms with E-state index in [1.807, 2.05) is 30.5 Å². The maximum atomic E-state index is 12.9. The van der Waals surface area contributed by atoms with E-state index in [9.17, 15) is 14.9 Å². The standard InChI is InChI=1S/C25H17Cl2N5O4S/c1-14-24-19(22-3-2-8-37-22)6-7-28-25(24)31(30-14)13-23(33)29-16-10-17(32(34)35)12-18(11-16)36-21-5-4-15(26)9-20(21)27/h2-12H,13H2,1H3,(H,29,33). The Kier molecular flexibility index (Phi) is 6.79. The van der Waals surface area contributed by atoms with Crippen molar-refractivity contribution in [3.8, 4) is 21.9 Å². The van der Waals surface area contributed by atoms with Gasteiger partial charge in [-0.1, -0.05) is 29.3 Å². The van der Waals surface area contributed by atoms with Gasteiger partial charge >= 0.3 is 0 Å². The van der Waals surface area contributed by atoms with Crippen molar-refractivity contribution in [2.24, 2.45) is 0 Å². The highest BCUT2D eigenvalue weighted by Crippen LogP contribution is 2.35. The minimum absolute atomic E-state index is 0.122. The highest BCUT2D eigenvalue weighted by molar-refractivity contribution is 7.13. The quantitative estimate of drug-likeness (QED) is 0.169. The first-order valence-electron chi connectivity index (χ1n) is 10.9. The van der Waals surface area contributed by atoms with Gasteiger partial charge in [0.25, 0.3) is 5.69 Å². The number of hydrogen-bond acceptors (Lipinski definition) is 7. The Bertz CT molecular complexity index is 1650. The van der Waals surface area contributed by atoms with E-state index in [4.69, 9.17) is 27.9 Å². The summed E-state index contributed by atoms with van der Waals surface area (Å²) in [7, 11) is 0. The molecule has 0 aliphatic heterocycles. The molecular formula is C25H17Cl2N5O4S. The first-order chi connectivity index (χ1) is 17.8. The lowest BCUT2D eigenvalue weighted by molar-refractivity contribution is -0.384. The molecule has 1 amide bonds. The fraction of sp³-hybridized carbons (Fsp3) is 0.0800. The van der Waals surface area contributed by atoms with Crippen molar-refractivity contribution in [1.29, 1.82) is 0 Å². The maximum Gasteiger partial charge on any atom is 0.275 e. The zero-order chi connectivity index (χ0) is 26.1. The average molecular weight is 554 g/mol. The molecule has 12 heteroatoms. The van der Waals surface area contributed by atoms with Crippen molar-refractivity contribution in [1.82, 2.24) is 14.8 Å². The summed E-state index contributed by atoms with van der Waals surface area (Å²) in [5.41, 5.74) is 2.22. The van der Waals surface area contributed by atoms with Crippen molar-refractivity contribution in [3.05, 3.63) is 92.0 Å². The Hall–Kier alpha value is -3.99. The number of nitro benzene ring substituents is 1. The molecule has 0 aliphatic rings. The number of aryl methyl sites for hydroxylation is 1. The van der Waals surface area contributed by atoms with Crippen molar-refractivity contribution >= 4 is 62.9 Å². The number of non-ortho nitro benzene ring substituents is 1. The average Bonchev–Trinajstić information content (AvgIpc) is 3.49.